The van der Waals surface area contributed by atoms with E-state index in [1.165, 1.54) is 0 Å². The lowest BCUT2D eigenvalue weighted by molar-refractivity contribution is -0.128. The van der Waals surface area contributed by atoms with E-state index in [1.54, 1.807) is 18.5 Å². The predicted octanol–water partition coefficient (Wildman–Crippen LogP) is 0.849. The van der Waals surface area contributed by atoms with Crippen LogP contribution in [0.5, 0.6) is 0 Å². The van der Waals surface area contributed by atoms with Crippen LogP contribution in [0.15, 0.2) is 29.0 Å². The van der Waals surface area contributed by atoms with Crippen molar-refractivity contribution >= 4 is 11.8 Å². The number of rotatable bonds is 5. The third kappa shape index (κ3) is 4.15. The van der Waals surface area contributed by atoms with E-state index >= 15 is 0 Å². The van der Waals surface area contributed by atoms with Crippen molar-refractivity contribution in [3.63, 3.8) is 0 Å². The summed E-state index contributed by atoms with van der Waals surface area (Å²) in [5.41, 5.74) is 0.757. The second-order valence-electron chi connectivity index (χ2n) is 5.66. The minimum Gasteiger partial charge on any atom is -0.354 e. The SMILES string of the molecule is O=C(CCc1nc(-c2cccnc2)no1)NC1CCCCNC1=O. The third-order valence-electron chi connectivity index (χ3n) is 3.82. The first kappa shape index (κ1) is 16.1. The van der Waals surface area contributed by atoms with E-state index in [2.05, 4.69) is 25.8 Å². The van der Waals surface area contributed by atoms with Gasteiger partial charge in [0.2, 0.25) is 23.5 Å². The van der Waals surface area contributed by atoms with Crippen LogP contribution in [0.3, 0.4) is 0 Å². The van der Waals surface area contributed by atoms with E-state index in [-0.39, 0.29) is 18.2 Å². The summed E-state index contributed by atoms with van der Waals surface area (Å²) in [7, 11) is 0. The number of hydrogen-bond acceptors (Lipinski definition) is 6. The Morgan fingerprint density at radius 3 is 3.17 bits per heavy atom. The summed E-state index contributed by atoms with van der Waals surface area (Å²) < 4.78 is 5.15. The van der Waals surface area contributed by atoms with Crippen molar-refractivity contribution < 1.29 is 14.1 Å². The lowest BCUT2D eigenvalue weighted by atomic mass is 10.1. The van der Waals surface area contributed by atoms with Crippen molar-refractivity contribution in [3.8, 4) is 11.4 Å². The molecule has 1 atom stereocenters. The first-order valence-electron chi connectivity index (χ1n) is 8.02. The molecule has 126 valence electrons. The molecule has 24 heavy (non-hydrogen) atoms. The highest BCUT2D eigenvalue weighted by Crippen LogP contribution is 2.14. The standard InChI is InChI=1S/C16H19N5O3/c22-13(19-12-5-1-2-9-18-16(12)23)6-7-14-20-15(21-24-14)11-4-3-8-17-10-11/h3-4,8,10,12H,1-2,5-7,9H2,(H,18,23)(H,19,22). The van der Waals surface area contributed by atoms with Crippen LogP contribution in [0.2, 0.25) is 0 Å². The second-order valence-corrected chi connectivity index (χ2v) is 5.66. The summed E-state index contributed by atoms with van der Waals surface area (Å²) in [5.74, 6) is 0.520. The second kappa shape index (κ2) is 7.67. The molecule has 2 N–H and O–H groups in total. The molecule has 1 fully saturated rings. The van der Waals surface area contributed by atoms with E-state index < -0.39 is 6.04 Å². The van der Waals surface area contributed by atoms with Gasteiger partial charge in [-0.1, -0.05) is 5.16 Å². The number of nitrogens with one attached hydrogen (secondary N) is 2. The monoisotopic (exact) mass is 329 g/mol. The van der Waals surface area contributed by atoms with Crippen molar-refractivity contribution in [1.82, 2.24) is 25.8 Å². The summed E-state index contributed by atoms with van der Waals surface area (Å²) in [6.45, 7) is 0.671. The number of amides is 2. The summed E-state index contributed by atoms with van der Waals surface area (Å²) in [4.78, 5) is 32.1. The Kier molecular flexibility index (Phi) is 5.15. The maximum Gasteiger partial charge on any atom is 0.242 e. The molecule has 0 aliphatic carbocycles. The maximum absolute atomic E-state index is 12.0. The van der Waals surface area contributed by atoms with Gasteiger partial charge in [0.25, 0.3) is 0 Å². The number of aromatic nitrogens is 3. The smallest absolute Gasteiger partial charge is 0.242 e. The normalized spacial score (nSPS) is 17.8. The van der Waals surface area contributed by atoms with Crippen LogP contribution < -0.4 is 10.6 Å². The summed E-state index contributed by atoms with van der Waals surface area (Å²) in [6, 6.07) is 3.17. The summed E-state index contributed by atoms with van der Waals surface area (Å²) in [6.07, 6.45) is 6.36. The van der Waals surface area contributed by atoms with Crippen molar-refractivity contribution in [2.45, 2.75) is 38.1 Å². The van der Waals surface area contributed by atoms with Crippen LogP contribution in [-0.4, -0.2) is 39.5 Å². The Morgan fingerprint density at radius 1 is 1.42 bits per heavy atom. The fourth-order valence-electron chi connectivity index (χ4n) is 2.53. The van der Waals surface area contributed by atoms with Crippen molar-refractivity contribution in [3.05, 3.63) is 30.4 Å². The molecular formula is C16H19N5O3. The van der Waals surface area contributed by atoms with Crippen LogP contribution in [0.25, 0.3) is 11.4 Å². The van der Waals surface area contributed by atoms with E-state index in [0.29, 0.717) is 31.1 Å². The van der Waals surface area contributed by atoms with Gasteiger partial charge < -0.3 is 15.2 Å². The molecule has 3 rings (SSSR count). The number of carbonyl (C=O) groups is 2. The van der Waals surface area contributed by atoms with Gasteiger partial charge in [0, 0.05) is 37.3 Å². The van der Waals surface area contributed by atoms with Crippen molar-refractivity contribution in [2.75, 3.05) is 6.54 Å². The fraction of sp³-hybridized carbons (Fsp3) is 0.438. The van der Waals surface area contributed by atoms with Crippen molar-refractivity contribution in [2.24, 2.45) is 0 Å². The molecule has 1 aliphatic rings. The molecule has 1 saturated heterocycles. The zero-order chi connectivity index (χ0) is 16.8. The Bertz CT molecular complexity index is 701. The predicted molar refractivity (Wildman–Crippen MR) is 84.6 cm³/mol. The number of hydrogen-bond donors (Lipinski definition) is 2. The van der Waals surface area contributed by atoms with Crippen LogP contribution >= 0.6 is 0 Å². The molecular weight excluding hydrogens is 310 g/mol. The number of pyridine rings is 1. The molecule has 1 unspecified atom stereocenters. The average molecular weight is 329 g/mol. The molecule has 2 amide bonds. The van der Waals surface area contributed by atoms with E-state index in [9.17, 15) is 9.59 Å². The largest absolute Gasteiger partial charge is 0.354 e. The highest BCUT2D eigenvalue weighted by Gasteiger charge is 2.22. The topological polar surface area (TPSA) is 110 Å². The molecule has 8 nitrogen and oxygen atoms in total. The van der Waals surface area contributed by atoms with Crippen LogP contribution in [0, 0.1) is 0 Å². The number of nitrogens with zero attached hydrogens (tertiary/aromatic N) is 3. The molecule has 0 aromatic carbocycles. The maximum atomic E-state index is 12.0. The van der Waals surface area contributed by atoms with Gasteiger partial charge in [-0.25, -0.2) is 0 Å². The lowest BCUT2D eigenvalue weighted by Crippen LogP contribution is -2.45. The number of carbonyl (C=O) groups excluding carboxylic acids is 2. The molecule has 0 saturated carbocycles. The molecule has 0 bridgehead atoms. The van der Waals surface area contributed by atoms with Crippen LogP contribution in [0.4, 0.5) is 0 Å². The van der Waals surface area contributed by atoms with Gasteiger partial charge in [0.05, 0.1) is 0 Å². The minimum absolute atomic E-state index is 0.113. The number of aryl methyl sites for hydroxylation is 1. The van der Waals surface area contributed by atoms with Gasteiger partial charge in [-0.05, 0) is 31.4 Å². The average Bonchev–Trinajstić information content (AvgIpc) is 2.99. The summed E-state index contributed by atoms with van der Waals surface area (Å²) in [5, 5.41) is 9.44. The van der Waals surface area contributed by atoms with Gasteiger partial charge in [0.15, 0.2) is 0 Å². The summed E-state index contributed by atoms with van der Waals surface area (Å²) >= 11 is 0. The minimum atomic E-state index is -0.450. The van der Waals surface area contributed by atoms with Gasteiger partial charge in [-0.15, -0.1) is 0 Å². The first-order chi connectivity index (χ1) is 11.7. The van der Waals surface area contributed by atoms with Gasteiger partial charge >= 0.3 is 0 Å². The quantitative estimate of drug-likeness (QED) is 0.841. The zero-order valence-electron chi connectivity index (χ0n) is 13.2. The van der Waals surface area contributed by atoms with Gasteiger partial charge in [0.1, 0.15) is 6.04 Å². The third-order valence-corrected chi connectivity index (χ3v) is 3.82. The molecule has 1 aliphatic heterocycles. The van der Waals surface area contributed by atoms with E-state index in [1.807, 2.05) is 6.07 Å². The molecule has 8 heteroatoms. The zero-order valence-corrected chi connectivity index (χ0v) is 13.2. The highest BCUT2D eigenvalue weighted by molar-refractivity contribution is 5.87. The Labute approximate surface area is 139 Å². The Hall–Kier alpha value is -2.77. The molecule has 2 aromatic heterocycles. The van der Waals surface area contributed by atoms with Gasteiger partial charge in [-0.3, -0.25) is 14.6 Å². The first-order valence-corrected chi connectivity index (χ1v) is 8.02. The highest BCUT2D eigenvalue weighted by atomic mass is 16.5. The lowest BCUT2D eigenvalue weighted by Gasteiger charge is -2.14. The van der Waals surface area contributed by atoms with E-state index in [0.717, 1.165) is 18.4 Å². The Balaban J connectivity index is 1.51. The molecule has 0 radical (unpaired) electrons. The Morgan fingerprint density at radius 2 is 2.33 bits per heavy atom. The molecule has 2 aromatic rings. The van der Waals surface area contributed by atoms with Crippen molar-refractivity contribution in [1.29, 1.82) is 0 Å². The van der Waals surface area contributed by atoms with Crippen LogP contribution in [0.1, 0.15) is 31.6 Å². The molecule has 0 spiro atoms. The van der Waals surface area contributed by atoms with Crippen LogP contribution in [-0.2, 0) is 16.0 Å². The van der Waals surface area contributed by atoms with E-state index in [4.69, 9.17) is 4.52 Å². The fourth-order valence-corrected chi connectivity index (χ4v) is 2.53. The van der Waals surface area contributed by atoms with Gasteiger partial charge in [-0.2, -0.15) is 4.98 Å². The molecule has 3 heterocycles.